The Kier molecular flexibility index (Phi) is 3.42. The smallest absolute Gasteiger partial charge is 0.226 e. The largest absolute Gasteiger partial charge is 0.444 e. The van der Waals surface area contributed by atoms with E-state index in [-0.39, 0.29) is 5.82 Å². The standard InChI is InChI=1S/C15H13FN4OS/c16-11-3-1-10(2-4-11)14-18-12(7-21-14)8-22-15-19-17-9-20(15)13-5-6-13/h1-4,7,9,13H,5-6,8H2. The Morgan fingerprint density at radius 3 is 2.86 bits per heavy atom. The number of aromatic nitrogens is 4. The highest BCUT2D eigenvalue weighted by Gasteiger charge is 2.26. The second-order valence-electron chi connectivity index (χ2n) is 5.19. The molecule has 1 saturated carbocycles. The number of hydrogen-bond acceptors (Lipinski definition) is 5. The van der Waals surface area contributed by atoms with Gasteiger partial charge in [-0.2, -0.15) is 0 Å². The monoisotopic (exact) mass is 316 g/mol. The van der Waals surface area contributed by atoms with Crippen molar-refractivity contribution in [1.29, 1.82) is 0 Å². The first kappa shape index (κ1) is 13.5. The van der Waals surface area contributed by atoms with Gasteiger partial charge >= 0.3 is 0 Å². The van der Waals surface area contributed by atoms with E-state index in [0.29, 0.717) is 17.7 Å². The van der Waals surface area contributed by atoms with Gasteiger partial charge in [0.05, 0.1) is 5.69 Å². The van der Waals surface area contributed by atoms with Crippen molar-refractivity contribution >= 4 is 11.8 Å². The first-order valence-electron chi connectivity index (χ1n) is 7.02. The molecule has 0 aliphatic heterocycles. The van der Waals surface area contributed by atoms with Crippen LogP contribution in [0.5, 0.6) is 0 Å². The summed E-state index contributed by atoms with van der Waals surface area (Å²) in [7, 11) is 0. The summed E-state index contributed by atoms with van der Waals surface area (Å²) in [5, 5.41) is 9.02. The first-order valence-corrected chi connectivity index (χ1v) is 8.01. The van der Waals surface area contributed by atoms with E-state index >= 15 is 0 Å². The second kappa shape index (κ2) is 5.57. The summed E-state index contributed by atoms with van der Waals surface area (Å²) < 4.78 is 20.5. The van der Waals surface area contributed by atoms with Crippen molar-refractivity contribution in [2.45, 2.75) is 29.8 Å². The molecule has 0 unspecified atom stereocenters. The molecular weight excluding hydrogens is 303 g/mol. The zero-order valence-corrected chi connectivity index (χ0v) is 12.5. The third-order valence-electron chi connectivity index (χ3n) is 3.47. The minimum absolute atomic E-state index is 0.273. The van der Waals surface area contributed by atoms with Crippen LogP contribution in [0.1, 0.15) is 24.6 Å². The van der Waals surface area contributed by atoms with Gasteiger partial charge in [0.15, 0.2) is 5.16 Å². The van der Waals surface area contributed by atoms with Crippen LogP contribution < -0.4 is 0 Å². The number of hydrogen-bond donors (Lipinski definition) is 0. The normalized spacial score (nSPS) is 14.4. The lowest BCUT2D eigenvalue weighted by Gasteiger charge is -2.01. The number of oxazole rings is 1. The van der Waals surface area contributed by atoms with Crippen molar-refractivity contribution in [2.24, 2.45) is 0 Å². The van der Waals surface area contributed by atoms with E-state index in [1.807, 2.05) is 0 Å². The molecule has 0 amide bonds. The van der Waals surface area contributed by atoms with Gasteiger partial charge in [-0.25, -0.2) is 9.37 Å². The lowest BCUT2D eigenvalue weighted by Crippen LogP contribution is -1.94. The van der Waals surface area contributed by atoms with E-state index in [1.165, 1.54) is 25.0 Å². The third kappa shape index (κ3) is 2.76. The quantitative estimate of drug-likeness (QED) is 0.672. The summed E-state index contributed by atoms with van der Waals surface area (Å²) >= 11 is 1.59. The van der Waals surface area contributed by atoms with Gasteiger partial charge in [-0.05, 0) is 37.1 Å². The summed E-state index contributed by atoms with van der Waals surface area (Å²) in [6.07, 6.45) is 5.81. The first-order chi connectivity index (χ1) is 10.8. The predicted octanol–water partition coefficient (Wildman–Crippen LogP) is 3.70. The Balaban J connectivity index is 1.45. The van der Waals surface area contributed by atoms with Crippen molar-refractivity contribution in [3.05, 3.63) is 48.4 Å². The molecule has 0 spiro atoms. The third-order valence-corrected chi connectivity index (χ3v) is 4.46. The average molecular weight is 316 g/mol. The molecule has 0 N–H and O–H groups in total. The fourth-order valence-corrected chi connectivity index (χ4v) is 3.03. The molecule has 2 heterocycles. The molecule has 112 valence electrons. The van der Waals surface area contributed by atoms with Crippen LogP contribution in [0.3, 0.4) is 0 Å². The zero-order valence-electron chi connectivity index (χ0n) is 11.6. The zero-order chi connectivity index (χ0) is 14.9. The summed E-state index contributed by atoms with van der Waals surface area (Å²) in [6, 6.07) is 6.66. The molecule has 3 aromatic rings. The molecule has 4 rings (SSSR count). The van der Waals surface area contributed by atoms with Crippen LogP contribution in [0, 0.1) is 5.82 Å². The maximum atomic E-state index is 12.9. The number of benzene rings is 1. The van der Waals surface area contributed by atoms with E-state index in [1.54, 1.807) is 36.5 Å². The van der Waals surface area contributed by atoms with Crippen molar-refractivity contribution in [2.75, 3.05) is 0 Å². The van der Waals surface area contributed by atoms with E-state index in [9.17, 15) is 4.39 Å². The predicted molar refractivity (Wildman–Crippen MR) is 79.8 cm³/mol. The van der Waals surface area contributed by atoms with Crippen LogP contribution in [-0.2, 0) is 5.75 Å². The van der Waals surface area contributed by atoms with Crippen LogP contribution in [-0.4, -0.2) is 19.7 Å². The molecule has 7 heteroatoms. The Labute approximate surface area is 130 Å². The lowest BCUT2D eigenvalue weighted by atomic mass is 10.2. The topological polar surface area (TPSA) is 56.7 Å². The Bertz CT molecular complexity index is 779. The van der Waals surface area contributed by atoms with Gasteiger partial charge in [0.25, 0.3) is 0 Å². The van der Waals surface area contributed by atoms with Crippen LogP contribution >= 0.6 is 11.8 Å². The molecule has 0 saturated heterocycles. The molecule has 1 aliphatic carbocycles. The highest BCUT2D eigenvalue weighted by Crippen LogP contribution is 2.37. The maximum absolute atomic E-state index is 12.9. The second-order valence-corrected chi connectivity index (χ2v) is 6.13. The molecule has 1 aromatic carbocycles. The van der Waals surface area contributed by atoms with Gasteiger partial charge < -0.3 is 8.98 Å². The lowest BCUT2D eigenvalue weighted by molar-refractivity contribution is 0.572. The molecule has 5 nitrogen and oxygen atoms in total. The Hall–Kier alpha value is -2.15. The van der Waals surface area contributed by atoms with Gasteiger partial charge in [0.2, 0.25) is 5.89 Å². The molecular formula is C15H13FN4OS. The molecule has 0 bridgehead atoms. The number of rotatable bonds is 5. The van der Waals surface area contributed by atoms with Gasteiger partial charge in [-0.3, -0.25) is 0 Å². The van der Waals surface area contributed by atoms with Crippen molar-refractivity contribution < 1.29 is 8.81 Å². The van der Waals surface area contributed by atoms with E-state index in [4.69, 9.17) is 4.42 Å². The molecule has 2 aromatic heterocycles. The summed E-state index contributed by atoms with van der Waals surface area (Å²) in [5.74, 6) is 0.889. The van der Waals surface area contributed by atoms with Gasteiger partial charge in [-0.15, -0.1) is 10.2 Å². The van der Waals surface area contributed by atoms with Crippen LogP contribution in [0.25, 0.3) is 11.5 Å². The summed E-state index contributed by atoms with van der Waals surface area (Å²) in [6.45, 7) is 0. The van der Waals surface area contributed by atoms with Gasteiger partial charge in [-0.1, -0.05) is 11.8 Å². The summed E-state index contributed by atoms with van der Waals surface area (Å²) in [5.41, 5.74) is 1.59. The van der Waals surface area contributed by atoms with Crippen LogP contribution in [0.15, 0.2) is 46.4 Å². The fraction of sp³-hybridized carbons (Fsp3) is 0.267. The molecule has 0 atom stereocenters. The van der Waals surface area contributed by atoms with E-state index in [0.717, 1.165) is 16.4 Å². The van der Waals surface area contributed by atoms with Crippen LogP contribution in [0.4, 0.5) is 4.39 Å². The average Bonchev–Trinajstić information content (AvgIpc) is 3.09. The number of halogens is 1. The van der Waals surface area contributed by atoms with Crippen molar-refractivity contribution in [1.82, 2.24) is 19.7 Å². The van der Waals surface area contributed by atoms with Gasteiger partial charge in [0.1, 0.15) is 18.4 Å². The molecule has 22 heavy (non-hydrogen) atoms. The Morgan fingerprint density at radius 2 is 2.09 bits per heavy atom. The number of nitrogens with zero attached hydrogens (tertiary/aromatic N) is 4. The molecule has 1 aliphatic rings. The molecule has 0 radical (unpaired) electrons. The number of thioether (sulfide) groups is 1. The minimum atomic E-state index is -0.273. The van der Waals surface area contributed by atoms with Crippen molar-refractivity contribution in [3.8, 4) is 11.5 Å². The molecule has 1 fully saturated rings. The summed E-state index contributed by atoms with van der Waals surface area (Å²) in [4.78, 5) is 4.43. The Morgan fingerprint density at radius 1 is 1.27 bits per heavy atom. The van der Waals surface area contributed by atoms with Crippen molar-refractivity contribution in [3.63, 3.8) is 0 Å². The SMILES string of the molecule is Fc1ccc(-c2nc(CSc3nncn3C3CC3)co2)cc1. The highest BCUT2D eigenvalue weighted by atomic mass is 32.2. The highest BCUT2D eigenvalue weighted by molar-refractivity contribution is 7.98. The van der Waals surface area contributed by atoms with Gasteiger partial charge in [0, 0.05) is 17.4 Å². The fourth-order valence-electron chi connectivity index (χ4n) is 2.18. The maximum Gasteiger partial charge on any atom is 0.226 e. The van der Waals surface area contributed by atoms with E-state index in [2.05, 4.69) is 19.7 Å². The van der Waals surface area contributed by atoms with Crippen LogP contribution in [0.2, 0.25) is 0 Å². The van der Waals surface area contributed by atoms with E-state index < -0.39 is 0 Å². The minimum Gasteiger partial charge on any atom is -0.444 e.